The minimum Gasteiger partial charge on any atom is -0.475 e. The predicted octanol–water partition coefficient (Wildman–Crippen LogP) is 6.34. The van der Waals surface area contributed by atoms with Crippen LogP contribution in [0.4, 0.5) is 26.1 Å². The fourth-order valence-electron chi connectivity index (χ4n) is 7.27. The summed E-state index contributed by atoms with van der Waals surface area (Å²) in [5.41, 5.74) is 8.80. The molecule has 10 nitrogen and oxygen atoms in total. The molecule has 0 radical (unpaired) electrons. The first-order chi connectivity index (χ1) is 22.6. The summed E-state index contributed by atoms with van der Waals surface area (Å²) < 4.78 is 46.1. The number of hydrogen-bond donors (Lipinski definition) is 1. The van der Waals surface area contributed by atoms with Gasteiger partial charge in [0.2, 0.25) is 5.88 Å². The van der Waals surface area contributed by atoms with Crippen LogP contribution in [0.3, 0.4) is 0 Å². The smallest absolute Gasteiger partial charge is 0.319 e. The van der Waals surface area contributed by atoms with Gasteiger partial charge in [-0.1, -0.05) is 17.7 Å². The maximum absolute atomic E-state index is 17.0. The summed E-state index contributed by atoms with van der Waals surface area (Å²) in [5.74, 6) is 0.330. The second kappa shape index (κ2) is 12.5. The summed E-state index contributed by atoms with van der Waals surface area (Å²) in [5, 5.41) is 0.710. The van der Waals surface area contributed by atoms with Crippen LogP contribution in [0, 0.1) is 12.7 Å². The van der Waals surface area contributed by atoms with Crippen LogP contribution < -0.4 is 24.8 Å². The van der Waals surface area contributed by atoms with E-state index in [9.17, 15) is 4.39 Å². The molecule has 3 aliphatic rings. The number of halogens is 3. The Bertz CT molecular complexity index is 1850. The largest absolute Gasteiger partial charge is 0.475 e. The third kappa shape index (κ3) is 5.58. The van der Waals surface area contributed by atoms with Gasteiger partial charge in [-0.2, -0.15) is 9.97 Å². The molecule has 14 heteroatoms. The molecule has 6 heterocycles. The van der Waals surface area contributed by atoms with Crippen molar-refractivity contribution in [2.75, 3.05) is 61.9 Å². The van der Waals surface area contributed by atoms with Gasteiger partial charge in [-0.3, -0.25) is 4.90 Å². The van der Waals surface area contributed by atoms with Crippen LogP contribution in [0.5, 0.6) is 11.9 Å². The van der Waals surface area contributed by atoms with Crippen molar-refractivity contribution in [1.29, 1.82) is 0 Å². The predicted molar refractivity (Wildman–Crippen MR) is 184 cm³/mol. The highest BCUT2D eigenvalue weighted by Gasteiger charge is 2.49. The second-order valence-corrected chi connectivity index (χ2v) is 14.1. The highest BCUT2D eigenvalue weighted by atomic mass is 35.5. The first kappa shape index (κ1) is 32.0. The van der Waals surface area contributed by atoms with E-state index in [2.05, 4.69) is 14.9 Å². The van der Waals surface area contributed by atoms with Crippen LogP contribution in [-0.2, 0) is 0 Å². The van der Waals surface area contributed by atoms with Crippen molar-refractivity contribution in [3.05, 3.63) is 52.4 Å². The number of benzene rings is 1. The molecule has 0 spiro atoms. The lowest BCUT2D eigenvalue weighted by molar-refractivity contribution is 0.107. The second-order valence-electron chi connectivity index (χ2n) is 12.6. The first-order valence-corrected chi connectivity index (χ1v) is 17.7. The topological polar surface area (TPSA) is 106 Å². The molecule has 7 rings (SSSR count). The van der Waals surface area contributed by atoms with E-state index in [0.29, 0.717) is 55.8 Å². The molecule has 0 aliphatic carbocycles. The maximum Gasteiger partial charge on any atom is 0.319 e. The number of nitrogens with two attached hydrogens (primary N) is 1. The van der Waals surface area contributed by atoms with Crippen molar-refractivity contribution in [2.24, 2.45) is 0 Å². The molecule has 0 bridgehead atoms. The Morgan fingerprint density at radius 3 is 2.89 bits per heavy atom. The molecule has 248 valence electrons. The van der Waals surface area contributed by atoms with Gasteiger partial charge in [-0.25, -0.2) is 18.7 Å². The molecule has 47 heavy (non-hydrogen) atoms. The fourth-order valence-corrected chi connectivity index (χ4v) is 8.08. The average molecular weight is 683 g/mol. The first-order valence-electron chi connectivity index (χ1n) is 15.8. The van der Waals surface area contributed by atoms with Gasteiger partial charge in [0.15, 0.2) is 5.82 Å². The molecule has 0 amide bonds. The quantitative estimate of drug-likeness (QED) is 0.212. The summed E-state index contributed by atoms with van der Waals surface area (Å²) in [6, 6.07) is 7.21. The Balaban J connectivity index is 1.40. The molecule has 4 atom stereocenters. The lowest BCUT2D eigenvalue weighted by Gasteiger charge is -2.32. The SMILES string of the molecule is CPN(C)c1cc(C)cc(-c2nc3c4c(nc(OC[C@@]56CCCN5C[C@H](F)C6)nc4c2F)N([C@H](C)c2cccnc2N)CCO3)c1Cl. The maximum atomic E-state index is 17.0. The molecule has 3 aromatic heterocycles. The summed E-state index contributed by atoms with van der Waals surface area (Å²) in [4.78, 5) is 22.7. The number of nitrogens with zero attached hydrogens (tertiary/aromatic N) is 7. The number of rotatable bonds is 8. The Kier molecular flexibility index (Phi) is 8.47. The number of ether oxygens (including phenoxy) is 2. The van der Waals surface area contributed by atoms with Crippen LogP contribution in [0.25, 0.3) is 22.2 Å². The highest BCUT2D eigenvalue weighted by Crippen LogP contribution is 2.46. The molecule has 3 aliphatic heterocycles. The van der Waals surface area contributed by atoms with E-state index < -0.39 is 17.5 Å². The number of alkyl halides is 1. The van der Waals surface area contributed by atoms with Crippen molar-refractivity contribution in [1.82, 2.24) is 24.8 Å². The average Bonchev–Trinajstić information content (AvgIpc) is 3.52. The van der Waals surface area contributed by atoms with Crippen LogP contribution in [0.2, 0.25) is 5.02 Å². The van der Waals surface area contributed by atoms with Crippen LogP contribution in [-0.4, -0.2) is 83.1 Å². The number of hydrogen-bond acceptors (Lipinski definition) is 10. The van der Waals surface area contributed by atoms with E-state index in [1.54, 1.807) is 6.20 Å². The Morgan fingerprint density at radius 2 is 2.11 bits per heavy atom. The van der Waals surface area contributed by atoms with E-state index in [1.807, 2.05) is 61.4 Å². The van der Waals surface area contributed by atoms with Crippen LogP contribution in [0.1, 0.15) is 43.4 Å². The van der Waals surface area contributed by atoms with E-state index in [0.717, 1.165) is 36.2 Å². The zero-order valence-corrected chi connectivity index (χ0v) is 28.6. The minimum absolute atomic E-state index is 0.000707. The van der Waals surface area contributed by atoms with Gasteiger partial charge in [-0.05, 0) is 72.4 Å². The molecule has 2 N–H and O–H groups in total. The Labute approximate surface area is 279 Å². The van der Waals surface area contributed by atoms with Gasteiger partial charge >= 0.3 is 6.01 Å². The van der Waals surface area contributed by atoms with Crippen molar-refractivity contribution >= 4 is 48.6 Å². The summed E-state index contributed by atoms with van der Waals surface area (Å²) in [6.45, 7) is 8.02. The van der Waals surface area contributed by atoms with Gasteiger partial charge in [0, 0.05) is 37.3 Å². The van der Waals surface area contributed by atoms with Crippen molar-refractivity contribution < 1.29 is 18.3 Å². The van der Waals surface area contributed by atoms with E-state index in [1.165, 1.54) is 0 Å². The summed E-state index contributed by atoms with van der Waals surface area (Å²) in [6.07, 6.45) is 2.90. The van der Waals surface area contributed by atoms with Crippen molar-refractivity contribution in [2.45, 2.75) is 50.9 Å². The van der Waals surface area contributed by atoms with E-state index in [4.69, 9.17) is 36.8 Å². The zero-order chi connectivity index (χ0) is 33.0. The lowest BCUT2D eigenvalue weighted by Crippen LogP contribution is -2.43. The van der Waals surface area contributed by atoms with E-state index >= 15 is 4.39 Å². The third-order valence-electron chi connectivity index (χ3n) is 9.72. The van der Waals surface area contributed by atoms with Gasteiger partial charge in [-0.15, -0.1) is 0 Å². The molecule has 2 saturated heterocycles. The Morgan fingerprint density at radius 1 is 1.28 bits per heavy atom. The molecular weight excluding hydrogens is 645 g/mol. The molecule has 1 aromatic carbocycles. The number of aryl methyl sites for hydroxylation is 1. The molecule has 1 unspecified atom stereocenters. The van der Waals surface area contributed by atoms with E-state index in [-0.39, 0.29) is 42.4 Å². The van der Waals surface area contributed by atoms with Crippen molar-refractivity contribution in [3.8, 4) is 23.1 Å². The normalized spacial score (nSPS) is 21.7. The standard InChI is InChI=1S/C33H38ClF2N8O2P/c1-18-13-22(25(34)23(14-18)42(3)47-4)27-26(36)28-24-30(41-32(40-28)46-17-33-8-6-10-43(33)16-20(35)15-33)44(11-12-45-31(24)39-27)19(2)21-7-5-9-38-29(21)37/h5,7,9,13-14,19-20,47H,6,8,10-12,15-17H2,1-4H3,(H2,37,38)/t19-,20-,33+/m1/s1. The molecule has 2 fully saturated rings. The number of anilines is 3. The third-order valence-corrected chi connectivity index (χ3v) is 11.0. The van der Waals surface area contributed by atoms with Gasteiger partial charge in [0.05, 0.1) is 28.8 Å². The molecule has 0 saturated carbocycles. The zero-order valence-electron chi connectivity index (χ0n) is 26.9. The summed E-state index contributed by atoms with van der Waals surface area (Å²) in [7, 11) is 2.39. The highest BCUT2D eigenvalue weighted by molar-refractivity contribution is 7.39. The van der Waals surface area contributed by atoms with Crippen LogP contribution >= 0.6 is 20.3 Å². The van der Waals surface area contributed by atoms with Gasteiger partial charge in [0.25, 0.3) is 0 Å². The van der Waals surface area contributed by atoms with Gasteiger partial charge in [0.1, 0.15) is 47.6 Å². The minimum atomic E-state index is -0.913. The fraction of sp³-hybridized carbons (Fsp3) is 0.455. The molecular formula is C33H38ClF2N8O2P. The number of nitrogen functional groups attached to an aromatic ring is 1. The van der Waals surface area contributed by atoms with Crippen LogP contribution in [0.15, 0.2) is 30.5 Å². The molecule has 4 aromatic rings. The van der Waals surface area contributed by atoms with Crippen molar-refractivity contribution in [3.63, 3.8) is 0 Å². The van der Waals surface area contributed by atoms with Gasteiger partial charge < -0.3 is 24.8 Å². The number of fused-ring (bicyclic) bond motifs is 1. The number of pyridine rings is 2. The lowest BCUT2D eigenvalue weighted by atomic mass is 9.95. The Hall–Kier alpha value is -3.60. The summed E-state index contributed by atoms with van der Waals surface area (Å²) >= 11 is 6.95. The number of aromatic nitrogens is 4. The monoisotopic (exact) mass is 682 g/mol.